The van der Waals surface area contributed by atoms with Gasteiger partial charge in [-0.3, -0.25) is 9.59 Å². The van der Waals surface area contributed by atoms with Crippen LogP contribution in [0.25, 0.3) is 0 Å². The molecule has 3 aliphatic heterocycles. The van der Waals surface area contributed by atoms with Gasteiger partial charge in [0, 0.05) is 36.7 Å². The molecule has 1 N–H and O–H groups in total. The van der Waals surface area contributed by atoms with Gasteiger partial charge in [0.2, 0.25) is 5.91 Å². The van der Waals surface area contributed by atoms with Gasteiger partial charge in [0.1, 0.15) is 11.5 Å². The molecule has 4 atom stereocenters. The molecule has 0 saturated carbocycles. The maximum Gasteiger partial charge on any atom is 0.264 e. The first-order valence-electron chi connectivity index (χ1n) is 16.0. The van der Waals surface area contributed by atoms with Gasteiger partial charge in [-0.1, -0.05) is 49.5 Å². The van der Waals surface area contributed by atoms with E-state index in [2.05, 4.69) is 32.2 Å². The van der Waals surface area contributed by atoms with Crippen molar-refractivity contribution in [2.75, 3.05) is 37.2 Å². The number of aliphatic hydroxyl groups is 1. The smallest absolute Gasteiger partial charge is 0.264 e. The van der Waals surface area contributed by atoms with Gasteiger partial charge in [0.05, 0.1) is 40.6 Å². The number of benzene rings is 3. The van der Waals surface area contributed by atoms with Crippen LogP contribution >= 0.6 is 0 Å². The first-order chi connectivity index (χ1) is 21.6. The maximum absolute atomic E-state index is 14.9. The van der Waals surface area contributed by atoms with E-state index in [0.717, 1.165) is 41.1 Å². The van der Waals surface area contributed by atoms with Gasteiger partial charge in [-0.05, 0) is 72.8 Å². The number of fused-ring (bicyclic) bond motifs is 2. The average molecular weight is 629 g/mol. The molecular weight excluding hydrogens is 584 g/mol. The normalized spacial score (nSPS) is 24.8. The van der Waals surface area contributed by atoms with Gasteiger partial charge >= 0.3 is 0 Å². The van der Waals surface area contributed by atoms with E-state index in [1.807, 2.05) is 64.4 Å². The quantitative estimate of drug-likeness (QED) is 0.321. The highest BCUT2D eigenvalue weighted by Gasteiger charge is 2.66. The Hall–Kier alpha value is -3.66. The summed E-state index contributed by atoms with van der Waals surface area (Å²) in [7, 11) is 1.02. The third kappa shape index (κ3) is 5.24. The summed E-state index contributed by atoms with van der Waals surface area (Å²) in [6.07, 6.45) is 2.62. The van der Waals surface area contributed by atoms with Gasteiger partial charge in [-0.15, -0.1) is 0 Å². The topological polar surface area (TPSA) is 88.5 Å². The standard InChI is InChI=1S/C36H44N2O6Si/c1-24-34(45(4,5)29-15-12-27(42-2)13-16-29)32(18-20-39)44-36(24)30-22-28(43-3)14-17-31(30)38(35(36)41)23-25-9-8-10-26(21-25)37-19-7-6-11-33(37)40/h8-10,12-17,21-22,24,32,34,39H,6-7,11,18-20,23H2,1-5H3/t24-,32+,34-,36+/m1/s1. The fourth-order valence-corrected chi connectivity index (χ4v) is 12.1. The highest BCUT2D eigenvalue weighted by Crippen LogP contribution is 2.60. The Morgan fingerprint density at radius 3 is 2.40 bits per heavy atom. The Kier molecular flexibility index (Phi) is 8.54. The highest BCUT2D eigenvalue weighted by atomic mass is 28.3. The van der Waals surface area contributed by atoms with E-state index in [4.69, 9.17) is 14.2 Å². The van der Waals surface area contributed by atoms with Crippen LogP contribution < -0.4 is 24.5 Å². The van der Waals surface area contributed by atoms with Crippen molar-refractivity contribution in [3.05, 3.63) is 77.9 Å². The lowest BCUT2D eigenvalue weighted by Gasteiger charge is -2.37. The van der Waals surface area contributed by atoms with Gasteiger partial charge in [0.25, 0.3) is 5.91 Å². The van der Waals surface area contributed by atoms with Crippen LogP contribution in [0.4, 0.5) is 11.4 Å². The molecule has 9 heteroatoms. The van der Waals surface area contributed by atoms with Crippen molar-refractivity contribution in [2.24, 2.45) is 5.92 Å². The highest BCUT2D eigenvalue weighted by molar-refractivity contribution is 6.91. The first-order valence-corrected chi connectivity index (χ1v) is 19.1. The van der Waals surface area contributed by atoms with Crippen LogP contribution in [0.1, 0.15) is 43.7 Å². The molecule has 0 bridgehead atoms. The van der Waals surface area contributed by atoms with Crippen LogP contribution in [-0.2, 0) is 26.5 Å². The number of hydrogen-bond acceptors (Lipinski definition) is 6. The van der Waals surface area contributed by atoms with Crippen molar-refractivity contribution in [3.8, 4) is 11.5 Å². The number of carbonyl (C=O) groups is 2. The van der Waals surface area contributed by atoms with Crippen molar-refractivity contribution in [3.63, 3.8) is 0 Å². The first kappa shape index (κ1) is 31.3. The Morgan fingerprint density at radius 1 is 0.978 bits per heavy atom. The van der Waals surface area contributed by atoms with Gasteiger partial charge in [-0.25, -0.2) is 0 Å². The molecule has 3 heterocycles. The van der Waals surface area contributed by atoms with Crippen molar-refractivity contribution in [2.45, 2.75) is 69.5 Å². The van der Waals surface area contributed by atoms with E-state index in [-0.39, 0.29) is 36.0 Å². The van der Waals surface area contributed by atoms with Crippen LogP contribution in [-0.4, -0.2) is 58.5 Å². The molecule has 238 valence electrons. The number of carbonyl (C=O) groups excluding carboxylic acids is 2. The Balaban J connectivity index is 1.40. The molecular formula is C36H44N2O6Si. The Labute approximate surface area is 266 Å². The lowest BCUT2D eigenvalue weighted by atomic mass is 9.82. The molecule has 2 fully saturated rings. The summed E-state index contributed by atoms with van der Waals surface area (Å²) >= 11 is 0. The second-order valence-electron chi connectivity index (χ2n) is 13.1. The van der Waals surface area contributed by atoms with Crippen LogP contribution in [0.5, 0.6) is 11.5 Å². The summed E-state index contributed by atoms with van der Waals surface area (Å²) in [6.45, 7) is 7.85. The number of rotatable bonds is 9. The van der Waals surface area contributed by atoms with Gasteiger partial charge in [-0.2, -0.15) is 0 Å². The lowest BCUT2D eigenvalue weighted by Crippen LogP contribution is -2.51. The van der Waals surface area contributed by atoms with E-state index in [0.29, 0.717) is 31.7 Å². The van der Waals surface area contributed by atoms with Crippen LogP contribution in [0.15, 0.2) is 66.7 Å². The molecule has 45 heavy (non-hydrogen) atoms. The molecule has 3 aromatic carbocycles. The minimum Gasteiger partial charge on any atom is -0.497 e. The Bertz CT molecular complexity index is 1580. The molecule has 6 rings (SSSR count). The van der Waals surface area contributed by atoms with Crippen LogP contribution in [0.2, 0.25) is 18.6 Å². The van der Waals surface area contributed by atoms with Gasteiger partial charge < -0.3 is 29.1 Å². The zero-order valence-electron chi connectivity index (χ0n) is 26.9. The van der Waals surface area contributed by atoms with Crippen molar-refractivity contribution in [1.29, 1.82) is 0 Å². The second-order valence-corrected chi connectivity index (χ2v) is 17.8. The number of methoxy groups -OCH3 is 2. The monoisotopic (exact) mass is 628 g/mol. The SMILES string of the molecule is COc1ccc([Si](C)(C)[C@H]2[C@H](CCO)O[C@@]3(C(=O)N(Cc4cccc(N5CCCCC5=O)c4)c4ccc(OC)cc43)[C@@H]2C)cc1. The molecule has 8 nitrogen and oxygen atoms in total. The summed E-state index contributed by atoms with van der Waals surface area (Å²) < 4.78 is 18.1. The number of aliphatic hydroxyl groups excluding tert-OH is 1. The number of hydrogen-bond donors (Lipinski definition) is 1. The van der Waals surface area contributed by atoms with Crippen molar-refractivity contribution < 1.29 is 28.9 Å². The average Bonchev–Trinajstić information content (AvgIpc) is 3.47. The predicted octanol–water partition coefficient (Wildman–Crippen LogP) is 5.37. The fraction of sp³-hybridized carbons (Fsp3) is 0.444. The number of ether oxygens (including phenoxy) is 3. The lowest BCUT2D eigenvalue weighted by molar-refractivity contribution is -0.146. The summed E-state index contributed by atoms with van der Waals surface area (Å²) in [4.78, 5) is 31.3. The third-order valence-electron chi connectivity index (χ3n) is 10.3. The van der Waals surface area contributed by atoms with E-state index >= 15 is 0 Å². The number of piperidine rings is 1. The summed E-state index contributed by atoms with van der Waals surface area (Å²) in [5.74, 6) is 1.35. The largest absolute Gasteiger partial charge is 0.497 e. The maximum atomic E-state index is 14.9. The zero-order valence-corrected chi connectivity index (χ0v) is 27.9. The summed E-state index contributed by atoms with van der Waals surface area (Å²) in [6, 6.07) is 22.0. The third-order valence-corrected chi connectivity index (χ3v) is 14.7. The summed E-state index contributed by atoms with van der Waals surface area (Å²) in [5, 5.41) is 11.4. The second kappa shape index (κ2) is 12.3. The Morgan fingerprint density at radius 2 is 1.71 bits per heavy atom. The molecule has 0 unspecified atom stereocenters. The van der Waals surface area contributed by atoms with Crippen molar-refractivity contribution in [1.82, 2.24) is 0 Å². The predicted molar refractivity (Wildman–Crippen MR) is 178 cm³/mol. The minimum absolute atomic E-state index is 0.0258. The fourth-order valence-electron chi connectivity index (χ4n) is 8.06. The number of anilines is 2. The van der Waals surface area contributed by atoms with Gasteiger partial charge in [0.15, 0.2) is 5.60 Å². The van der Waals surface area contributed by atoms with Crippen LogP contribution in [0, 0.1) is 5.92 Å². The minimum atomic E-state index is -2.27. The molecule has 0 radical (unpaired) electrons. The number of nitrogens with zero attached hydrogens (tertiary/aromatic N) is 2. The molecule has 2 amide bonds. The van der Waals surface area contributed by atoms with E-state index < -0.39 is 13.7 Å². The van der Waals surface area contributed by atoms with E-state index in [9.17, 15) is 14.7 Å². The van der Waals surface area contributed by atoms with Crippen LogP contribution in [0.3, 0.4) is 0 Å². The molecule has 3 aromatic rings. The van der Waals surface area contributed by atoms with E-state index in [1.165, 1.54) is 5.19 Å². The molecule has 0 aromatic heterocycles. The molecule has 2 saturated heterocycles. The van der Waals surface area contributed by atoms with E-state index in [1.54, 1.807) is 14.2 Å². The number of amides is 2. The molecule has 0 aliphatic carbocycles. The zero-order chi connectivity index (χ0) is 31.9. The van der Waals surface area contributed by atoms with Crippen molar-refractivity contribution >= 4 is 36.4 Å². The molecule has 1 spiro atoms. The molecule has 3 aliphatic rings. The summed E-state index contributed by atoms with van der Waals surface area (Å²) in [5.41, 5.74) is 2.26.